The second-order valence-electron chi connectivity index (χ2n) is 26.8. The third-order valence-corrected chi connectivity index (χ3v) is 21.2. The van der Waals surface area contributed by atoms with Crippen LogP contribution in [0.15, 0.2) is 96.8 Å². The number of Topliss-reactive ketones (excluding diaryl/α,β-unsaturated/α-hetero) is 2. The molecule has 2 saturated carbocycles. The summed E-state index contributed by atoms with van der Waals surface area (Å²) in [4.78, 5) is 105. The summed E-state index contributed by atoms with van der Waals surface area (Å²) < 4.78 is 35.3. The van der Waals surface area contributed by atoms with E-state index in [-0.39, 0.29) is 85.7 Å². The predicted octanol–water partition coefficient (Wildman–Crippen LogP) is 15.4. The number of fused-ring (bicyclic) bond motifs is 4. The predicted molar refractivity (Wildman–Crippen MR) is 375 cm³/mol. The van der Waals surface area contributed by atoms with Crippen molar-refractivity contribution in [2.75, 3.05) is 40.5 Å². The molecular formula is C76H94N6O12S2. The van der Waals surface area contributed by atoms with E-state index < -0.39 is 35.1 Å². The number of rotatable bonds is 25. The molecule has 96 heavy (non-hydrogen) atoms. The monoisotopic (exact) mass is 1350 g/mol. The lowest BCUT2D eigenvalue weighted by atomic mass is 9.92. The number of amides is 2. The number of esters is 2. The second kappa shape index (κ2) is 32.0. The number of thiazole rings is 2. The summed E-state index contributed by atoms with van der Waals surface area (Å²) in [7, 11) is 3.24. The first-order chi connectivity index (χ1) is 46.3. The van der Waals surface area contributed by atoms with Gasteiger partial charge in [0.1, 0.15) is 56.6 Å². The molecule has 0 bridgehead atoms. The summed E-state index contributed by atoms with van der Waals surface area (Å²) in [6.07, 6.45) is 19.1. The van der Waals surface area contributed by atoms with E-state index in [0.29, 0.717) is 96.4 Å². The molecule has 2 amide bonds. The Morgan fingerprint density at radius 3 is 1.86 bits per heavy atom. The number of pyridine rings is 2. The molecule has 4 fully saturated rings. The van der Waals surface area contributed by atoms with Crippen LogP contribution in [0.3, 0.4) is 0 Å². The Hall–Kier alpha value is -7.84. The fourth-order valence-corrected chi connectivity index (χ4v) is 15.5. The first-order valence-electron chi connectivity index (χ1n) is 34.5. The van der Waals surface area contributed by atoms with E-state index in [9.17, 15) is 28.8 Å². The highest BCUT2D eigenvalue weighted by molar-refractivity contribution is 7.13. The van der Waals surface area contributed by atoms with Crippen LogP contribution in [0.25, 0.3) is 43.2 Å². The summed E-state index contributed by atoms with van der Waals surface area (Å²) in [6, 6.07) is 13.8. The average molecular weight is 1350 g/mol. The van der Waals surface area contributed by atoms with E-state index in [1.807, 2.05) is 60.0 Å². The Morgan fingerprint density at radius 1 is 0.708 bits per heavy atom. The van der Waals surface area contributed by atoms with Crippen molar-refractivity contribution in [1.82, 2.24) is 29.7 Å². The molecule has 6 aromatic rings. The van der Waals surface area contributed by atoms with Crippen LogP contribution < -0.4 is 18.9 Å². The summed E-state index contributed by atoms with van der Waals surface area (Å²) >= 11 is 3.08. The van der Waals surface area contributed by atoms with Crippen molar-refractivity contribution < 1.29 is 57.2 Å². The lowest BCUT2D eigenvalue weighted by Gasteiger charge is -2.25. The van der Waals surface area contributed by atoms with Gasteiger partial charge in [-0.25, -0.2) is 19.9 Å². The molecule has 3 aliphatic heterocycles. The average Bonchev–Trinajstić information content (AvgIpc) is 1.58. The summed E-state index contributed by atoms with van der Waals surface area (Å²) in [5.41, 5.74) is 3.03. The largest absolute Gasteiger partial charge is 0.497 e. The molecule has 0 spiro atoms. The van der Waals surface area contributed by atoms with Gasteiger partial charge in [-0.05, 0) is 113 Å². The first-order valence-corrected chi connectivity index (χ1v) is 36.2. The van der Waals surface area contributed by atoms with E-state index in [1.165, 1.54) is 11.3 Å². The molecule has 2 aromatic carbocycles. The molecular weight excluding hydrogens is 1250 g/mol. The number of aromatic nitrogens is 4. The highest BCUT2D eigenvalue weighted by Crippen LogP contribution is 2.59. The number of unbranched alkanes of at least 4 members (excludes halogenated alkanes) is 4. The fourth-order valence-electron chi connectivity index (χ4n) is 13.7. The maximum Gasteiger partial charge on any atom is 0.313 e. The Kier molecular flexibility index (Phi) is 23.7. The van der Waals surface area contributed by atoms with Gasteiger partial charge in [-0.15, -0.1) is 35.8 Å². The number of methoxy groups -OCH3 is 2. The van der Waals surface area contributed by atoms with Crippen molar-refractivity contribution in [3.63, 3.8) is 0 Å². The summed E-state index contributed by atoms with van der Waals surface area (Å²) in [5, 5.41) is 7.30. The molecule has 512 valence electrons. The van der Waals surface area contributed by atoms with Gasteiger partial charge in [0.05, 0.1) is 85.9 Å². The quantitative estimate of drug-likeness (QED) is 0.0296. The number of carbonyl (C=O) groups is 6. The summed E-state index contributed by atoms with van der Waals surface area (Å²) in [5.74, 6) is 1.99. The molecule has 0 N–H and O–H groups in total. The number of hydrogen-bond donors (Lipinski definition) is 0. The molecule has 4 aromatic heterocycles. The van der Waals surface area contributed by atoms with Crippen LogP contribution in [0, 0.1) is 22.7 Å². The minimum absolute atomic E-state index is 0.00953. The molecule has 2 aliphatic carbocycles. The third kappa shape index (κ3) is 16.4. The van der Waals surface area contributed by atoms with Gasteiger partial charge in [-0.1, -0.05) is 77.7 Å². The molecule has 0 unspecified atom stereocenters. The standard InChI is InChI=1S/C39H49N3O6S.C37H45N3O6S/c1-7-10-11-12-13-14-15-36(44)42-23-28(19-33(42)34(43)22-39(21-26(39)8-2)38(45)47-9-3)48-35-20-31(37-41-32(24-49-37)25(4)5)40-30-18-27(46-6)16-17-29(30)35;1-5-45-36(43)37-19-24(37)12-10-8-6-7-9-11-13-34(42)40-21-26(17-31(40)32(41)20-37)46-33-18-29(35-39-30(22-47-35)23(2)3)38-28-16-25(44-4)14-15-27(28)33/h7-8,16-18,20,24-26,28,33H,1-2,9-15,19,21-23H2,3-6H3;10,12,14-16,18,22-24,26,31H,5-9,11,13,17,19-21H2,1-4H3/b;12-10-/t26-,28-,33+,39-;24-,26-,31+,37-/m11/s1. The van der Waals surface area contributed by atoms with Crippen LogP contribution in [0.1, 0.15) is 180 Å². The Morgan fingerprint density at radius 2 is 1.30 bits per heavy atom. The van der Waals surface area contributed by atoms with Crippen molar-refractivity contribution >= 4 is 79.8 Å². The van der Waals surface area contributed by atoms with Crippen molar-refractivity contribution in [2.24, 2.45) is 22.7 Å². The highest BCUT2D eigenvalue weighted by Gasteiger charge is 2.63. The Bertz CT molecular complexity index is 3840. The maximum atomic E-state index is 14.1. The lowest BCUT2D eigenvalue weighted by molar-refractivity contribution is -0.153. The molecule has 8 atom stereocenters. The fraction of sp³-hybridized carbons (Fsp3) is 0.526. The van der Waals surface area contributed by atoms with Crippen molar-refractivity contribution in [1.29, 1.82) is 0 Å². The van der Waals surface area contributed by atoms with Gasteiger partial charge in [0, 0.05) is 84.3 Å². The van der Waals surface area contributed by atoms with Gasteiger partial charge < -0.3 is 38.2 Å². The minimum atomic E-state index is -0.911. The van der Waals surface area contributed by atoms with Crippen LogP contribution in [0.5, 0.6) is 23.0 Å². The van der Waals surface area contributed by atoms with Gasteiger partial charge in [-0.3, -0.25) is 28.8 Å². The molecule has 20 heteroatoms. The number of ketones is 2. The topological polar surface area (TPSA) is 216 Å². The van der Waals surface area contributed by atoms with Crippen LogP contribution in [-0.4, -0.2) is 130 Å². The van der Waals surface area contributed by atoms with E-state index in [4.69, 9.17) is 48.4 Å². The Labute approximate surface area is 572 Å². The van der Waals surface area contributed by atoms with Crippen molar-refractivity contribution in [2.45, 2.75) is 193 Å². The zero-order valence-electron chi connectivity index (χ0n) is 57.1. The third-order valence-electron chi connectivity index (χ3n) is 19.4. The van der Waals surface area contributed by atoms with E-state index in [2.05, 4.69) is 58.4 Å². The van der Waals surface area contributed by atoms with Gasteiger partial charge in [0.25, 0.3) is 0 Å². The number of likely N-dealkylation sites (tertiary alicyclic amines) is 1. The second-order valence-corrected chi connectivity index (χ2v) is 28.6. The van der Waals surface area contributed by atoms with Gasteiger partial charge in [0.2, 0.25) is 11.8 Å². The number of ether oxygens (including phenoxy) is 6. The van der Waals surface area contributed by atoms with Gasteiger partial charge in [0.15, 0.2) is 11.6 Å². The van der Waals surface area contributed by atoms with Crippen molar-refractivity contribution in [3.05, 3.63) is 108 Å². The van der Waals surface area contributed by atoms with Crippen LogP contribution >= 0.6 is 22.7 Å². The molecule has 0 radical (unpaired) electrons. The Balaban J connectivity index is 0.000000209. The van der Waals surface area contributed by atoms with Crippen LogP contribution in [0.2, 0.25) is 0 Å². The van der Waals surface area contributed by atoms with Gasteiger partial charge in [-0.2, -0.15) is 0 Å². The summed E-state index contributed by atoms with van der Waals surface area (Å²) in [6.45, 7) is 20.7. The first kappa shape index (κ1) is 70.9. The van der Waals surface area contributed by atoms with Gasteiger partial charge >= 0.3 is 11.9 Å². The number of benzene rings is 2. The van der Waals surface area contributed by atoms with E-state index >= 15 is 0 Å². The zero-order chi connectivity index (χ0) is 68.3. The number of allylic oxidation sites excluding steroid dienone is 4. The number of carbonyl (C=O) groups excluding carboxylic acids is 6. The highest BCUT2D eigenvalue weighted by atomic mass is 32.1. The van der Waals surface area contributed by atoms with E-state index in [1.54, 1.807) is 55.3 Å². The smallest absolute Gasteiger partial charge is 0.313 e. The van der Waals surface area contributed by atoms with Crippen LogP contribution in [0.4, 0.5) is 0 Å². The van der Waals surface area contributed by atoms with Crippen molar-refractivity contribution in [3.8, 4) is 44.4 Å². The SMILES string of the molecule is C=CCCCCCCC(=O)N1C[C@H](Oc2cc(-c3nc(C(C)C)cs3)nc3cc(OC)ccc23)C[C@H]1C(=O)C[C@]1(C(=O)OCC)C[C@H]1C=C.CCOC(=O)[C@]12CC(=O)[C@@H]3C[C@@H](Oc4cc(-c5nc(C(C)C)cs5)nc5cc(OC)ccc45)CN3C(=O)CCCCCC/C=C\[C@@H]1C2. The van der Waals surface area contributed by atoms with E-state index in [0.717, 1.165) is 96.4 Å². The lowest BCUT2D eigenvalue weighted by Crippen LogP contribution is -2.42. The maximum absolute atomic E-state index is 14.1. The molecule has 5 aliphatic rings. The molecule has 7 heterocycles. The number of hydrogen-bond acceptors (Lipinski definition) is 18. The zero-order valence-corrected chi connectivity index (χ0v) is 58.7. The molecule has 2 saturated heterocycles. The molecule has 11 rings (SSSR count). The number of nitrogens with zero attached hydrogens (tertiary/aromatic N) is 6. The minimum Gasteiger partial charge on any atom is -0.497 e. The molecule has 18 nitrogen and oxygen atoms in total. The normalized spacial score (nSPS) is 23.6. The van der Waals surface area contributed by atoms with Crippen LogP contribution in [-0.2, 0) is 38.2 Å².